The van der Waals surface area contributed by atoms with E-state index < -0.39 is 6.17 Å². The van der Waals surface area contributed by atoms with Crippen LogP contribution in [-0.4, -0.2) is 64.7 Å². The number of nitrogens with zero attached hydrogens (tertiary/aromatic N) is 2. The van der Waals surface area contributed by atoms with Gasteiger partial charge in [0.15, 0.2) is 0 Å². The van der Waals surface area contributed by atoms with Crippen LogP contribution in [0, 0.1) is 10.8 Å². The van der Waals surface area contributed by atoms with Crippen LogP contribution in [0.5, 0.6) is 0 Å². The molecule has 0 saturated carbocycles. The summed E-state index contributed by atoms with van der Waals surface area (Å²) in [6, 6.07) is 12.3. The molecule has 1 fully saturated rings. The van der Waals surface area contributed by atoms with E-state index in [0.717, 1.165) is 0 Å². The van der Waals surface area contributed by atoms with Gasteiger partial charge in [-0.15, -0.1) is 0 Å². The molecule has 2 aliphatic rings. The lowest BCUT2D eigenvalue weighted by Crippen LogP contribution is -2.50. The van der Waals surface area contributed by atoms with Gasteiger partial charge in [-0.2, -0.15) is 0 Å². The fourth-order valence-electron chi connectivity index (χ4n) is 4.37. The zero-order valence-electron chi connectivity index (χ0n) is 19.1. The third kappa shape index (κ3) is 4.91. The maximum Gasteiger partial charge on any atom is 0.246 e. The van der Waals surface area contributed by atoms with Crippen LogP contribution in [-0.2, 0) is 4.79 Å². The molecule has 8 heteroatoms. The van der Waals surface area contributed by atoms with Crippen molar-refractivity contribution in [2.24, 2.45) is 0 Å². The number of benzene rings is 2. The van der Waals surface area contributed by atoms with E-state index in [9.17, 15) is 14.3 Å². The molecule has 1 heterocycles. The minimum absolute atomic E-state index is 0.0748. The summed E-state index contributed by atoms with van der Waals surface area (Å²) in [5.41, 5.74) is 2.04. The molecular formula is C27H26ClFN4O2. The summed E-state index contributed by atoms with van der Waals surface area (Å²) < 4.78 is 14.8. The molecule has 4 rings (SSSR count). The monoisotopic (exact) mass is 492 g/mol. The Balaban J connectivity index is 1.78. The largest absolute Gasteiger partial charge is 0.508 e. The van der Waals surface area contributed by atoms with Crippen molar-refractivity contribution >= 4 is 34.6 Å². The van der Waals surface area contributed by atoms with E-state index >= 15 is 0 Å². The predicted molar refractivity (Wildman–Crippen MR) is 137 cm³/mol. The summed E-state index contributed by atoms with van der Waals surface area (Å²) in [4.78, 5) is 15.4. The molecule has 0 aromatic heterocycles. The highest BCUT2D eigenvalue weighted by molar-refractivity contribution is 6.33. The van der Waals surface area contributed by atoms with E-state index in [1.165, 1.54) is 12.2 Å². The normalized spacial score (nSPS) is 17.9. The number of hydrogen-bond donors (Lipinski definition) is 3. The van der Waals surface area contributed by atoms with Crippen molar-refractivity contribution in [3.05, 3.63) is 100 Å². The molecule has 35 heavy (non-hydrogen) atoms. The first-order chi connectivity index (χ1) is 16.8. The summed E-state index contributed by atoms with van der Waals surface area (Å²) >= 11 is 6.59. The second kappa shape index (κ2) is 10.3. The second-order valence-corrected chi connectivity index (χ2v) is 8.80. The van der Waals surface area contributed by atoms with Crippen molar-refractivity contribution < 1.29 is 14.3 Å². The van der Waals surface area contributed by atoms with Crippen molar-refractivity contribution in [3.63, 3.8) is 0 Å². The molecule has 0 radical (unpaired) electrons. The van der Waals surface area contributed by atoms with Crippen molar-refractivity contribution in [2.45, 2.75) is 12.6 Å². The lowest BCUT2D eigenvalue weighted by atomic mass is 9.89. The maximum atomic E-state index is 14.8. The van der Waals surface area contributed by atoms with Crippen molar-refractivity contribution in [1.29, 1.82) is 10.8 Å². The minimum atomic E-state index is -1.44. The lowest BCUT2D eigenvalue weighted by molar-refractivity contribution is -0.127. The number of rotatable bonds is 5. The molecule has 1 atom stereocenters. The Labute approximate surface area is 208 Å². The number of amides is 1. The van der Waals surface area contributed by atoms with Crippen LogP contribution in [0.3, 0.4) is 0 Å². The number of aliphatic hydroxyl groups is 1. The zero-order chi connectivity index (χ0) is 25.1. The predicted octanol–water partition coefficient (Wildman–Crippen LogP) is 4.98. The number of halogens is 2. The van der Waals surface area contributed by atoms with Crippen molar-refractivity contribution in [2.75, 3.05) is 26.2 Å². The SMILES string of the molecule is C=CC(=O)N1CCN(C(=N)c2cc(C3=C(O)C=CCC3F)c(Cl)cc2C(=N)c2ccccc2)CC1. The first kappa shape index (κ1) is 24.4. The van der Waals surface area contributed by atoms with E-state index in [0.29, 0.717) is 48.4 Å². The molecule has 2 aromatic carbocycles. The van der Waals surface area contributed by atoms with Crippen molar-refractivity contribution in [3.8, 4) is 0 Å². The van der Waals surface area contributed by atoms with Crippen LogP contribution in [0.1, 0.15) is 28.7 Å². The number of hydrogen-bond acceptors (Lipinski definition) is 4. The Hall–Kier alpha value is -3.71. The third-order valence-electron chi connectivity index (χ3n) is 6.27. The number of carbonyl (C=O) groups is 1. The Morgan fingerprint density at radius 3 is 2.37 bits per heavy atom. The number of aliphatic hydroxyl groups excluding tert-OH is 1. The summed E-state index contributed by atoms with van der Waals surface area (Å²) in [7, 11) is 0. The summed E-state index contributed by atoms with van der Waals surface area (Å²) in [5, 5.41) is 28.4. The third-order valence-corrected chi connectivity index (χ3v) is 6.59. The minimum Gasteiger partial charge on any atom is -0.508 e. The Morgan fingerprint density at radius 2 is 1.74 bits per heavy atom. The molecule has 2 aromatic rings. The molecule has 0 spiro atoms. The van der Waals surface area contributed by atoms with Gasteiger partial charge in [0, 0.05) is 65.4 Å². The standard InChI is InChI=1S/C27H26ClFN4O2/c1-2-24(35)32-11-13-33(14-12-32)27(31)19-15-20(25-22(29)9-6-10-23(25)34)21(28)16-18(19)26(30)17-7-4-3-5-8-17/h2-8,10,15-16,22,30-31,34H,1,9,11-14H2. The zero-order valence-corrected chi connectivity index (χ0v) is 19.9. The molecule has 3 N–H and O–H groups in total. The number of piperazine rings is 1. The Morgan fingerprint density at radius 1 is 1.09 bits per heavy atom. The number of alkyl halides is 1. The highest BCUT2D eigenvalue weighted by Crippen LogP contribution is 2.36. The topological polar surface area (TPSA) is 91.5 Å². The van der Waals surface area contributed by atoms with E-state index in [4.69, 9.17) is 22.4 Å². The van der Waals surface area contributed by atoms with Gasteiger partial charge < -0.3 is 14.9 Å². The molecule has 0 bridgehead atoms. The number of amidine groups is 1. The smallest absolute Gasteiger partial charge is 0.246 e. The van der Waals surface area contributed by atoms with Gasteiger partial charge in [-0.1, -0.05) is 54.6 Å². The number of carbonyl (C=O) groups excluding carboxylic acids is 1. The van der Waals surface area contributed by atoms with Crippen molar-refractivity contribution in [1.82, 2.24) is 9.80 Å². The number of nitrogens with one attached hydrogen (secondary N) is 2. The van der Waals surface area contributed by atoms with Crippen LogP contribution in [0.4, 0.5) is 4.39 Å². The summed E-state index contributed by atoms with van der Waals surface area (Å²) in [6.07, 6.45) is 2.96. The second-order valence-electron chi connectivity index (χ2n) is 8.39. The molecular weight excluding hydrogens is 467 g/mol. The van der Waals surface area contributed by atoms with Gasteiger partial charge in [0.05, 0.1) is 5.71 Å². The van der Waals surface area contributed by atoms with E-state index in [2.05, 4.69) is 6.58 Å². The molecule has 1 aliphatic heterocycles. The molecule has 1 saturated heterocycles. The van der Waals surface area contributed by atoms with Gasteiger partial charge >= 0.3 is 0 Å². The van der Waals surface area contributed by atoms with Gasteiger partial charge in [-0.05, 0) is 24.3 Å². The highest BCUT2D eigenvalue weighted by Gasteiger charge is 2.28. The summed E-state index contributed by atoms with van der Waals surface area (Å²) in [6.45, 7) is 5.25. The number of allylic oxidation sites excluding steroid dienone is 3. The van der Waals surface area contributed by atoms with Gasteiger partial charge in [0.1, 0.15) is 17.8 Å². The van der Waals surface area contributed by atoms with E-state index in [-0.39, 0.29) is 40.2 Å². The van der Waals surface area contributed by atoms with Crippen LogP contribution < -0.4 is 0 Å². The first-order valence-corrected chi connectivity index (χ1v) is 11.7. The molecule has 1 unspecified atom stereocenters. The quantitative estimate of drug-likeness (QED) is 0.312. The lowest BCUT2D eigenvalue weighted by Gasteiger charge is -2.36. The maximum absolute atomic E-state index is 14.8. The van der Waals surface area contributed by atoms with Crippen LogP contribution >= 0.6 is 11.6 Å². The van der Waals surface area contributed by atoms with Crippen LogP contribution in [0.25, 0.3) is 5.57 Å². The van der Waals surface area contributed by atoms with Gasteiger partial charge in [-0.3, -0.25) is 15.6 Å². The van der Waals surface area contributed by atoms with Crippen LogP contribution in [0.15, 0.2) is 73.0 Å². The fourth-order valence-corrected chi connectivity index (χ4v) is 4.63. The molecule has 6 nitrogen and oxygen atoms in total. The summed E-state index contributed by atoms with van der Waals surface area (Å²) in [5.74, 6) is -0.213. The highest BCUT2D eigenvalue weighted by atomic mass is 35.5. The van der Waals surface area contributed by atoms with E-state index in [1.54, 1.807) is 35.2 Å². The van der Waals surface area contributed by atoms with E-state index in [1.807, 2.05) is 23.1 Å². The average molecular weight is 493 g/mol. The molecule has 180 valence electrons. The van der Waals surface area contributed by atoms with Gasteiger partial charge in [0.25, 0.3) is 0 Å². The van der Waals surface area contributed by atoms with Crippen LogP contribution in [0.2, 0.25) is 5.02 Å². The molecule has 1 amide bonds. The van der Waals surface area contributed by atoms with Gasteiger partial charge in [0.2, 0.25) is 5.91 Å². The average Bonchev–Trinajstić information content (AvgIpc) is 2.88. The Bertz CT molecular complexity index is 1250. The van der Waals surface area contributed by atoms with Gasteiger partial charge in [-0.25, -0.2) is 4.39 Å². The first-order valence-electron chi connectivity index (χ1n) is 11.3. The molecule has 1 aliphatic carbocycles. The Kier molecular flexibility index (Phi) is 7.17. The fraction of sp³-hybridized carbons (Fsp3) is 0.222.